The SMILES string of the molecule is CCCCC/C=C\C[C@@H](O)/C=C/C=C\C/C=C\CCCC(=O)OC[C@H](COP(=O)(O)OC[C@@H](O)CO)OC(=O)CCCCCCC/C=C\C=C/CCCCCC. The molecule has 322 valence electrons. The first-order valence-electron chi connectivity index (χ1n) is 21.0. The average molecular weight is 811 g/mol. The summed E-state index contributed by atoms with van der Waals surface area (Å²) in [6.45, 7) is 2.14. The molecule has 0 heterocycles. The first-order chi connectivity index (χ1) is 27.1. The molecule has 4 N–H and O–H groups in total. The zero-order chi connectivity index (χ0) is 41.4. The molecule has 11 nitrogen and oxygen atoms in total. The fourth-order valence-corrected chi connectivity index (χ4v) is 5.91. The lowest BCUT2D eigenvalue weighted by atomic mass is 10.1. The van der Waals surface area contributed by atoms with Gasteiger partial charge in [0, 0.05) is 12.8 Å². The second kappa shape index (κ2) is 39.2. The Kier molecular flexibility index (Phi) is 37.4. The van der Waals surface area contributed by atoms with E-state index in [4.69, 9.17) is 19.1 Å². The van der Waals surface area contributed by atoms with Crippen LogP contribution in [0.3, 0.4) is 0 Å². The highest BCUT2D eigenvalue weighted by Gasteiger charge is 2.27. The third-order valence-electron chi connectivity index (χ3n) is 8.44. The highest BCUT2D eigenvalue weighted by Crippen LogP contribution is 2.43. The lowest BCUT2D eigenvalue weighted by Crippen LogP contribution is -2.29. The summed E-state index contributed by atoms with van der Waals surface area (Å²) in [5.74, 6) is -1.05. The number of unbranched alkanes of at least 4 members (excludes halogenated alkanes) is 13. The summed E-state index contributed by atoms with van der Waals surface area (Å²) in [7, 11) is -4.65. The lowest BCUT2D eigenvalue weighted by molar-refractivity contribution is -0.161. The molecule has 0 spiro atoms. The minimum absolute atomic E-state index is 0.127. The van der Waals surface area contributed by atoms with Crippen molar-refractivity contribution in [3.8, 4) is 0 Å². The van der Waals surface area contributed by atoms with Gasteiger partial charge >= 0.3 is 19.8 Å². The predicted molar refractivity (Wildman–Crippen MR) is 225 cm³/mol. The van der Waals surface area contributed by atoms with Crippen molar-refractivity contribution in [3.05, 3.63) is 72.9 Å². The van der Waals surface area contributed by atoms with Crippen molar-refractivity contribution in [1.29, 1.82) is 0 Å². The molecule has 0 aliphatic heterocycles. The normalized spacial score (nSPS) is 15.2. The van der Waals surface area contributed by atoms with E-state index in [-0.39, 0.29) is 19.4 Å². The van der Waals surface area contributed by atoms with Crippen LogP contribution >= 0.6 is 7.82 Å². The Morgan fingerprint density at radius 3 is 1.88 bits per heavy atom. The summed E-state index contributed by atoms with van der Waals surface area (Å²) in [5.41, 5.74) is 0. The highest BCUT2D eigenvalue weighted by molar-refractivity contribution is 7.47. The fourth-order valence-electron chi connectivity index (χ4n) is 5.12. The minimum Gasteiger partial charge on any atom is -0.462 e. The monoisotopic (exact) mass is 811 g/mol. The van der Waals surface area contributed by atoms with Crippen LogP contribution in [0.2, 0.25) is 0 Å². The van der Waals surface area contributed by atoms with Crippen molar-refractivity contribution in [1.82, 2.24) is 0 Å². The maximum absolute atomic E-state index is 12.6. The molecular weight excluding hydrogens is 735 g/mol. The smallest absolute Gasteiger partial charge is 0.462 e. The van der Waals surface area contributed by atoms with Gasteiger partial charge in [-0.3, -0.25) is 18.6 Å². The van der Waals surface area contributed by atoms with Crippen LogP contribution in [0.15, 0.2) is 72.9 Å². The van der Waals surface area contributed by atoms with E-state index < -0.39 is 57.9 Å². The van der Waals surface area contributed by atoms with Crippen LogP contribution in [0.25, 0.3) is 0 Å². The van der Waals surface area contributed by atoms with Crippen molar-refractivity contribution < 1.29 is 52.9 Å². The predicted octanol–water partition coefficient (Wildman–Crippen LogP) is 9.86. The van der Waals surface area contributed by atoms with Gasteiger partial charge in [-0.1, -0.05) is 138 Å². The van der Waals surface area contributed by atoms with Gasteiger partial charge in [0.05, 0.1) is 25.9 Å². The molecule has 0 saturated carbocycles. The third-order valence-corrected chi connectivity index (χ3v) is 9.39. The minimum atomic E-state index is -4.65. The molecule has 56 heavy (non-hydrogen) atoms. The van der Waals surface area contributed by atoms with Crippen LogP contribution in [0.5, 0.6) is 0 Å². The largest absolute Gasteiger partial charge is 0.472 e. The molecule has 0 aliphatic carbocycles. The van der Waals surface area contributed by atoms with Crippen molar-refractivity contribution in [2.45, 2.75) is 167 Å². The molecule has 0 amide bonds. The Bertz CT molecular complexity index is 1180. The third kappa shape index (κ3) is 38.3. The van der Waals surface area contributed by atoms with Gasteiger partial charge in [0.2, 0.25) is 0 Å². The number of ether oxygens (including phenoxy) is 2. The number of carbonyl (C=O) groups excluding carboxylic acids is 2. The van der Waals surface area contributed by atoms with E-state index in [9.17, 15) is 29.3 Å². The van der Waals surface area contributed by atoms with E-state index in [0.717, 1.165) is 44.9 Å². The number of aliphatic hydroxyl groups is 3. The molecule has 1 unspecified atom stereocenters. The molecule has 0 radical (unpaired) electrons. The van der Waals surface area contributed by atoms with Gasteiger partial charge in [-0.25, -0.2) is 4.57 Å². The van der Waals surface area contributed by atoms with Crippen LogP contribution in [0.4, 0.5) is 0 Å². The van der Waals surface area contributed by atoms with E-state index in [1.54, 1.807) is 6.08 Å². The van der Waals surface area contributed by atoms with Crippen molar-refractivity contribution in [3.63, 3.8) is 0 Å². The number of rotatable bonds is 38. The van der Waals surface area contributed by atoms with E-state index in [0.29, 0.717) is 32.1 Å². The molecular formula is C44H75O11P. The van der Waals surface area contributed by atoms with Gasteiger partial charge in [0.15, 0.2) is 6.10 Å². The van der Waals surface area contributed by atoms with E-state index >= 15 is 0 Å². The van der Waals surface area contributed by atoms with Crippen molar-refractivity contribution in [2.24, 2.45) is 0 Å². The van der Waals surface area contributed by atoms with Gasteiger partial charge in [-0.05, 0) is 70.6 Å². The Balaban J connectivity index is 4.52. The maximum atomic E-state index is 12.6. The second-order valence-electron chi connectivity index (χ2n) is 13.9. The molecule has 0 aliphatic rings. The van der Waals surface area contributed by atoms with Gasteiger partial charge < -0.3 is 29.7 Å². The number of phosphoric acid groups is 1. The number of esters is 2. The fraction of sp³-hybridized carbons (Fsp3) is 0.682. The summed E-state index contributed by atoms with van der Waals surface area (Å²) >= 11 is 0. The quantitative estimate of drug-likeness (QED) is 0.0154. The zero-order valence-corrected chi connectivity index (χ0v) is 35.3. The molecule has 0 aromatic carbocycles. The van der Waals surface area contributed by atoms with Crippen molar-refractivity contribution in [2.75, 3.05) is 26.4 Å². The Labute approximate surface area is 338 Å². The van der Waals surface area contributed by atoms with E-state index in [1.807, 2.05) is 36.5 Å². The molecule has 4 atom stereocenters. The Morgan fingerprint density at radius 2 is 1.16 bits per heavy atom. The average Bonchev–Trinajstić information content (AvgIpc) is 3.18. The first kappa shape index (κ1) is 53.4. The highest BCUT2D eigenvalue weighted by atomic mass is 31.2. The Hall–Kier alpha value is -2.63. The number of carbonyl (C=O) groups is 2. The molecule has 0 fully saturated rings. The summed E-state index contributed by atoms with van der Waals surface area (Å²) in [6, 6.07) is 0. The molecule has 0 aromatic rings. The summed E-state index contributed by atoms with van der Waals surface area (Å²) in [6.07, 6.45) is 40.4. The number of allylic oxidation sites excluding steroid dienone is 10. The lowest BCUT2D eigenvalue weighted by Gasteiger charge is -2.20. The molecule has 0 bridgehead atoms. The van der Waals surface area contributed by atoms with E-state index in [2.05, 4.69) is 48.8 Å². The van der Waals surface area contributed by atoms with Gasteiger partial charge in [-0.15, -0.1) is 0 Å². The van der Waals surface area contributed by atoms with E-state index in [1.165, 1.54) is 44.9 Å². The second-order valence-corrected chi connectivity index (χ2v) is 15.3. The summed E-state index contributed by atoms with van der Waals surface area (Å²) in [5, 5.41) is 28.3. The van der Waals surface area contributed by atoms with Crippen LogP contribution < -0.4 is 0 Å². The number of phosphoric ester groups is 1. The van der Waals surface area contributed by atoms with Gasteiger partial charge in [-0.2, -0.15) is 0 Å². The summed E-state index contributed by atoms with van der Waals surface area (Å²) < 4.78 is 32.6. The van der Waals surface area contributed by atoms with Crippen LogP contribution in [-0.4, -0.2) is 76.9 Å². The summed E-state index contributed by atoms with van der Waals surface area (Å²) in [4.78, 5) is 34.9. The number of hydrogen-bond acceptors (Lipinski definition) is 10. The number of hydrogen-bond donors (Lipinski definition) is 4. The van der Waals surface area contributed by atoms with Crippen LogP contribution in [-0.2, 0) is 32.7 Å². The van der Waals surface area contributed by atoms with Gasteiger partial charge in [0.25, 0.3) is 0 Å². The molecule has 0 rings (SSSR count). The van der Waals surface area contributed by atoms with Crippen molar-refractivity contribution >= 4 is 19.8 Å². The zero-order valence-electron chi connectivity index (χ0n) is 34.4. The maximum Gasteiger partial charge on any atom is 0.472 e. The van der Waals surface area contributed by atoms with Gasteiger partial charge in [0.1, 0.15) is 12.7 Å². The molecule has 12 heteroatoms. The standard InChI is InChI=1S/C44H75O11P/c1-3-5-7-9-11-12-13-14-15-16-17-18-23-27-31-35-44(49)55-42(39-54-56(50,51)53-37-41(47)36-45)38-52-43(48)34-30-26-22-20-19-21-25-29-33-40(46)32-28-24-10-8-6-4-2/h12-15,20-22,24-25,28-29,33,40-42,45-47H,3-11,16-19,23,26-27,30-32,34-39H2,1-2H3,(H,50,51)/b13-12-,15-14-,22-20-,25-21-,28-24-,33-29+/t40-,41+,42-/m1/s1. The Morgan fingerprint density at radius 1 is 0.607 bits per heavy atom. The first-order valence-corrected chi connectivity index (χ1v) is 22.5. The van der Waals surface area contributed by atoms with Crippen LogP contribution in [0.1, 0.15) is 149 Å². The van der Waals surface area contributed by atoms with Crippen LogP contribution in [0, 0.1) is 0 Å². The topological polar surface area (TPSA) is 169 Å². The molecule has 0 saturated heterocycles. The number of aliphatic hydroxyl groups excluding tert-OH is 3. The molecule has 0 aromatic heterocycles.